The molecule has 284 valence electrons. The Hall–Kier alpha value is -5.46. The smallest absolute Gasteiger partial charge is 0.452 e. The van der Waals surface area contributed by atoms with Crippen molar-refractivity contribution in [3.05, 3.63) is 13.2 Å². The van der Waals surface area contributed by atoms with E-state index in [4.69, 9.17) is 30.1 Å². The Morgan fingerprint density at radius 3 is 0.918 bits per heavy atom. The fraction of sp³-hybridized carbons (Fsp3) is 0.679. The second-order valence-electron chi connectivity index (χ2n) is 9.56. The van der Waals surface area contributed by atoms with Crippen molar-refractivity contribution in [2.75, 3.05) is 6.54 Å². The van der Waals surface area contributed by atoms with E-state index < -0.39 is 36.4 Å². The minimum absolute atomic E-state index is 0. The first-order valence-corrected chi connectivity index (χ1v) is 14.2. The van der Waals surface area contributed by atoms with Gasteiger partial charge in [0.1, 0.15) is 6.54 Å². The van der Waals surface area contributed by atoms with Gasteiger partial charge >= 0.3 is 42.6 Å². The van der Waals surface area contributed by atoms with Crippen molar-refractivity contribution in [3.63, 3.8) is 0 Å². The summed E-state index contributed by atoms with van der Waals surface area (Å²) in [6.45, 7) is 26.1. The normalized spacial score (nSPS) is 9.51. The van der Waals surface area contributed by atoms with Gasteiger partial charge in [0.25, 0.3) is 0 Å². The van der Waals surface area contributed by atoms with E-state index in [2.05, 4.69) is 57.9 Å². The molecule has 0 bridgehead atoms. The van der Waals surface area contributed by atoms with Crippen LogP contribution >= 0.6 is 0 Å². The summed E-state index contributed by atoms with van der Waals surface area (Å²) in [6.07, 6.45) is -5.50. The topological polar surface area (TPSA) is 301 Å². The number of carbonyl (C=O) groups excluding carboxylic acids is 8. The van der Waals surface area contributed by atoms with Crippen LogP contribution in [0.5, 0.6) is 0 Å². The molecule has 0 saturated heterocycles. The zero-order valence-electron chi connectivity index (χ0n) is 30.1. The standard InChI is InChI=1S/C9H17NO4.2C8H14N2O4.C2H4.CO2.H2N2.H2/c1-6(2)13-8(11)5-10-9(12)14-7(3)4;2*1-5(2)13-7(11)9-10-8(12)14-6(3)4;1-2;2-1-3;1-2;/h6-7H,5H2,1-4H3,(H,10,12);2*5-6H,1-4H3;1-2H2;;1-2H;1H. The minimum Gasteiger partial charge on any atom is -0.462 e. The summed E-state index contributed by atoms with van der Waals surface area (Å²) >= 11 is 0. The third-order valence-electron chi connectivity index (χ3n) is 2.86. The number of hydrogen-bond donors (Lipinski definition) is 3. The monoisotopic (exact) mass is 711 g/mol. The number of nitrogens with one attached hydrogen (secondary N) is 3. The molecule has 21 heteroatoms. The molecule has 0 saturated carbocycles. The molecular weight excluding hydrogens is 658 g/mol. The number of amides is 5. The molecule has 0 radical (unpaired) electrons. The van der Waals surface area contributed by atoms with Crippen LogP contribution in [0.2, 0.25) is 0 Å². The van der Waals surface area contributed by atoms with Crippen LogP contribution < -0.4 is 5.32 Å². The van der Waals surface area contributed by atoms with E-state index >= 15 is 0 Å². The van der Waals surface area contributed by atoms with Crippen LogP contribution in [0.4, 0.5) is 24.0 Å². The highest BCUT2D eigenvalue weighted by Gasteiger charge is 2.10. The highest BCUT2D eigenvalue weighted by molar-refractivity contribution is 5.78. The number of rotatable bonds is 8. The third kappa shape index (κ3) is 62.1. The van der Waals surface area contributed by atoms with E-state index in [9.17, 15) is 28.8 Å². The van der Waals surface area contributed by atoms with Gasteiger partial charge in [-0.05, 0) is 83.1 Å². The van der Waals surface area contributed by atoms with Crippen molar-refractivity contribution in [2.45, 2.75) is 120 Å². The van der Waals surface area contributed by atoms with Gasteiger partial charge in [-0.1, -0.05) is 20.5 Å². The first-order chi connectivity index (χ1) is 22.7. The average Bonchev–Trinajstić information content (AvgIpc) is 2.95. The summed E-state index contributed by atoms with van der Waals surface area (Å²) < 4.78 is 27.9. The fourth-order valence-electron chi connectivity index (χ4n) is 1.77. The van der Waals surface area contributed by atoms with Crippen LogP contribution in [0.25, 0.3) is 0 Å². The largest absolute Gasteiger partial charge is 0.462 e. The van der Waals surface area contributed by atoms with E-state index in [1.54, 1.807) is 83.1 Å². The van der Waals surface area contributed by atoms with Gasteiger partial charge in [0.15, 0.2) is 0 Å². The molecule has 0 atom stereocenters. The predicted molar refractivity (Wildman–Crippen MR) is 171 cm³/mol. The maximum absolute atomic E-state index is 11.0. The van der Waals surface area contributed by atoms with E-state index in [1.165, 1.54) is 0 Å². The van der Waals surface area contributed by atoms with Crippen LogP contribution in [0.3, 0.4) is 0 Å². The molecule has 0 aliphatic rings. The van der Waals surface area contributed by atoms with Crippen LogP contribution in [-0.2, 0) is 42.8 Å². The van der Waals surface area contributed by atoms with Crippen molar-refractivity contribution in [2.24, 2.45) is 20.5 Å². The Bertz CT molecular complexity index is 910. The third-order valence-corrected chi connectivity index (χ3v) is 2.86. The Balaban J connectivity index is -0.000000100. The SMILES string of the molecule is C=C.CC(C)OC(=O)CNC(=O)OC(C)C.CC(C)OC(=O)N=NC(=O)OC(C)C.CC(C)OC(=O)N=NC(=O)OC(C)C.N=N.O=C=O.[HH]. The molecule has 0 aromatic rings. The number of ether oxygens (including phenoxy) is 6. The number of azo groups is 2. The number of esters is 1. The number of nitrogens with zero attached hydrogens (tertiary/aromatic N) is 4. The molecule has 0 spiro atoms. The lowest BCUT2D eigenvalue weighted by Gasteiger charge is -2.10. The van der Waals surface area contributed by atoms with Crippen molar-refractivity contribution in [3.8, 4) is 0 Å². The summed E-state index contributed by atoms with van der Waals surface area (Å²) in [7, 11) is 0. The lowest BCUT2D eigenvalue weighted by Crippen LogP contribution is -2.33. The molecule has 3 N–H and O–H groups in total. The summed E-state index contributed by atoms with van der Waals surface area (Å²) in [5, 5.41) is 14.3. The van der Waals surface area contributed by atoms with Crippen LogP contribution in [0.15, 0.2) is 33.6 Å². The van der Waals surface area contributed by atoms with Gasteiger partial charge in [-0.2, -0.15) is 9.59 Å². The van der Waals surface area contributed by atoms with Gasteiger partial charge < -0.3 is 33.7 Å². The molecule has 0 aromatic heterocycles. The molecule has 0 heterocycles. The molecule has 0 rings (SSSR count). The molecule has 49 heavy (non-hydrogen) atoms. The summed E-state index contributed by atoms with van der Waals surface area (Å²) in [5.41, 5.74) is 10.0. The van der Waals surface area contributed by atoms with Gasteiger partial charge in [0.2, 0.25) is 0 Å². The zero-order chi connectivity index (χ0) is 40.1. The second-order valence-corrected chi connectivity index (χ2v) is 9.56. The molecule has 0 aliphatic heterocycles. The highest BCUT2D eigenvalue weighted by Crippen LogP contribution is 1.98. The van der Waals surface area contributed by atoms with Crippen LogP contribution in [0.1, 0.15) is 84.5 Å². The van der Waals surface area contributed by atoms with Crippen molar-refractivity contribution in [1.29, 1.82) is 11.1 Å². The first kappa shape index (κ1) is 55.9. The number of alkyl carbamates (subject to hydrolysis) is 1. The van der Waals surface area contributed by atoms with Gasteiger partial charge in [-0.15, -0.1) is 13.2 Å². The quantitative estimate of drug-likeness (QED) is 0.0971. The first-order valence-electron chi connectivity index (χ1n) is 14.2. The summed E-state index contributed by atoms with van der Waals surface area (Å²) in [4.78, 5) is 81.1. The maximum atomic E-state index is 11.0. The van der Waals surface area contributed by atoms with Gasteiger partial charge in [0, 0.05) is 1.43 Å². The second kappa shape index (κ2) is 38.7. The Morgan fingerprint density at radius 1 is 0.531 bits per heavy atom. The molecular formula is C28H53N7O14. The Morgan fingerprint density at radius 2 is 0.735 bits per heavy atom. The molecule has 21 nitrogen and oxygen atoms in total. The van der Waals surface area contributed by atoms with E-state index in [0.29, 0.717) is 0 Å². The Kier molecular flexibility index (Phi) is 44.2. The van der Waals surface area contributed by atoms with E-state index in [-0.39, 0.29) is 50.7 Å². The average molecular weight is 712 g/mol. The van der Waals surface area contributed by atoms with Gasteiger partial charge in [-0.25, -0.2) is 35.0 Å². The maximum Gasteiger partial charge on any atom is 0.452 e. The molecule has 5 amide bonds. The predicted octanol–water partition coefficient (Wildman–Crippen LogP) is 7.19. The van der Waals surface area contributed by atoms with E-state index in [1.807, 2.05) is 0 Å². The minimum atomic E-state index is -0.902. The van der Waals surface area contributed by atoms with Crippen molar-refractivity contribution < 1.29 is 68.2 Å². The van der Waals surface area contributed by atoms with Gasteiger partial charge in [0.05, 0.1) is 36.6 Å². The number of hydrogen-bond acceptors (Lipinski definition) is 16. The molecule has 0 aromatic carbocycles. The van der Waals surface area contributed by atoms with Crippen molar-refractivity contribution >= 4 is 42.6 Å². The summed E-state index contributed by atoms with van der Waals surface area (Å²) in [6, 6.07) is 0. The highest BCUT2D eigenvalue weighted by atomic mass is 16.6. The van der Waals surface area contributed by atoms with Crippen molar-refractivity contribution in [1.82, 2.24) is 5.32 Å². The van der Waals surface area contributed by atoms with Gasteiger partial charge in [-0.3, -0.25) is 4.79 Å². The molecule has 0 fully saturated rings. The lowest BCUT2D eigenvalue weighted by molar-refractivity contribution is -0.191. The molecule has 0 aliphatic carbocycles. The molecule has 0 unspecified atom stereocenters. The zero-order valence-corrected chi connectivity index (χ0v) is 30.1. The van der Waals surface area contributed by atoms with Crippen LogP contribution in [0, 0.1) is 11.1 Å². The fourth-order valence-corrected chi connectivity index (χ4v) is 1.77. The lowest BCUT2D eigenvalue weighted by atomic mass is 10.5. The van der Waals surface area contributed by atoms with E-state index in [0.717, 1.165) is 0 Å². The number of carbonyl (C=O) groups is 6. The Labute approximate surface area is 287 Å². The summed E-state index contributed by atoms with van der Waals surface area (Å²) in [5.74, 6) is -0.472. The van der Waals surface area contributed by atoms with Crippen LogP contribution in [-0.4, -0.2) is 85.8 Å².